The molecule has 0 aliphatic carbocycles. The lowest BCUT2D eigenvalue weighted by Crippen LogP contribution is -2.29. The second-order valence-electron chi connectivity index (χ2n) is 3.99. The first-order valence-electron chi connectivity index (χ1n) is 4.29. The maximum atomic E-state index is 5.39. The van der Waals surface area contributed by atoms with Gasteiger partial charge in [0.25, 0.3) is 0 Å². The summed E-state index contributed by atoms with van der Waals surface area (Å²) < 4.78 is 1.60. The summed E-state index contributed by atoms with van der Waals surface area (Å²) >= 11 is 0. The molecule has 0 unspecified atom stereocenters. The van der Waals surface area contributed by atoms with Gasteiger partial charge in [0.05, 0.1) is 11.9 Å². The van der Waals surface area contributed by atoms with Crippen molar-refractivity contribution in [2.75, 3.05) is 0 Å². The van der Waals surface area contributed by atoms with Crippen molar-refractivity contribution in [2.45, 2.75) is 26.2 Å². The number of hydrogen-bond donors (Lipinski definition) is 1. The van der Waals surface area contributed by atoms with Crippen molar-refractivity contribution in [2.24, 2.45) is 10.9 Å². The third-order valence-electron chi connectivity index (χ3n) is 1.89. The zero-order valence-electron chi connectivity index (χ0n) is 8.65. The molecule has 4 nitrogen and oxygen atoms in total. The molecule has 1 rings (SSSR count). The fraction of sp³-hybridized carbons (Fsp3) is 0.400. The topological polar surface area (TPSA) is 56.2 Å². The molecule has 0 spiro atoms. The second kappa shape index (κ2) is 3.54. The van der Waals surface area contributed by atoms with E-state index in [2.05, 4.69) is 36.9 Å². The lowest BCUT2D eigenvalue weighted by molar-refractivity contribution is 0.544. The molecular formula is C10H14N4. The van der Waals surface area contributed by atoms with Gasteiger partial charge in [-0.15, -0.1) is 0 Å². The zero-order chi connectivity index (χ0) is 10.8. The normalized spacial score (nSPS) is 12.6. The van der Waals surface area contributed by atoms with Gasteiger partial charge in [0.2, 0.25) is 0 Å². The van der Waals surface area contributed by atoms with Crippen molar-refractivity contribution >= 4 is 0 Å². The van der Waals surface area contributed by atoms with Gasteiger partial charge in [0, 0.05) is 17.7 Å². The highest BCUT2D eigenvalue weighted by atomic mass is 15.2. The first-order valence-corrected chi connectivity index (χ1v) is 4.29. The number of hydrogen-bond acceptors (Lipinski definition) is 3. The van der Waals surface area contributed by atoms with Crippen LogP contribution < -0.4 is 11.3 Å². The van der Waals surface area contributed by atoms with Crippen LogP contribution in [0.3, 0.4) is 0 Å². The van der Waals surface area contributed by atoms with Crippen LogP contribution in [0.2, 0.25) is 0 Å². The SMILES string of the molecule is C#Cn1c(C(C)(C)C)cnc/c1=N/N. The molecular weight excluding hydrogens is 176 g/mol. The summed E-state index contributed by atoms with van der Waals surface area (Å²) in [6.45, 7) is 6.16. The first-order chi connectivity index (χ1) is 6.50. The maximum Gasteiger partial charge on any atom is 0.182 e. The number of terminal acetylenes is 1. The van der Waals surface area contributed by atoms with Gasteiger partial charge in [0.15, 0.2) is 5.49 Å². The van der Waals surface area contributed by atoms with E-state index in [1.165, 1.54) is 6.20 Å². The van der Waals surface area contributed by atoms with Gasteiger partial charge >= 0.3 is 0 Å². The Hall–Kier alpha value is -1.76. The van der Waals surface area contributed by atoms with Gasteiger partial charge in [-0.25, -0.2) is 0 Å². The van der Waals surface area contributed by atoms with Gasteiger partial charge in [-0.3, -0.25) is 9.55 Å². The standard InChI is InChI=1S/C10H14N4/c1-5-14-8(10(2,3)4)6-12-7-9(14)13-11/h1,6-7H,11H2,2-4H3/b13-9-. The molecule has 74 valence electrons. The zero-order valence-corrected chi connectivity index (χ0v) is 8.65. The predicted octanol–water partition coefficient (Wildman–Crippen LogP) is 0.394. The summed E-state index contributed by atoms with van der Waals surface area (Å²) in [5.74, 6) is 5.21. The Morgan fingerprint density at radius 2 is 2.14 bits per heavy atom. The van der Waals surface area contributed by atoms with Gasteiger partial charge in [0.1, 0.15) is 0 Å². The molecule has 0 atom stereocenters. The van der Waals surface area contributed by atoms with E-state index in [4.69, 9.17) is 12.3 Å². The molecule has 0 aromatic carbocycles. The lowest BCUT2D eigenvalue weighted by atomic mass is 9.92. The molecule has 0 radical (unpaired) electrons. The Morgan fingerprint density at radius 1 is 1.50 bits per heavy atom. The lowest BCUT2D eigenvalue weighted by Gasteiger charge is -2.20. The Balaban J connectivity index is 3.56. The number of nitrogens with zero attached hydrogens (tertiary/aromatic N) is 3. The largest absolute Gasteiger partial charge is 0.321 e. The summed E-state index contributed by atoms with van der Waals surface area (Å²) in [5, 5.41) is 3.57. The van der Waals surface area contributed by atoms with E-state index in [-0.39, 0.29) is 5.41 Å². The van der Waals surface area contributed by atoms with Crippen LogP contribution in [0.4, 0.5) is 0 Å². The predicted molar refractivity (Wildman–Crippen MR) is 54.9 cm³/mol. The van der Waals surface area contributed by atoms with Crippen LogP contribution in [-0.4, -0.2) is 9.55 Å². The molecule has 0 saturated carbocycles. The van der Waals surface area contributed by atoms with Crippen molar-refractivity contribution < 1.29 is 0 Å². The van der Waals surface area contributed by atoms with E-state index in [0.29, 0.717) is 5.49 Å². The number of nitrogens with two attached hydrogens (primary N) is 1. The van der Waals surface area contributed by atoms with E-state index in [0.717, 1.165) is 5.69 Å². The van der Waals surface area contributed by atoms with Crippen molar-refractivity contribution in [3.8, 4) is 12.5 Å². The second-order valence-corrected chi connectivity index (χ2v) is 3.99. The van der Waals surface area contributed by atoms with Gasteiger partial charge in [-0.2, -0.15) is 5.10 Å². The highest BCUT2D eigenvalue weighted by molar-refractivity contribution is 5.15. The van der Waals surface area contributed by atoms with E-state index in [1.54, 1.807) is 10.8 Å². The van der Waals surface area contributed by atoms with Crippen LogP contribution in [0, 0.1) is 12.5 Å². The van der Waals surface area contributed by atoms with Crippen LogP contribution in [0.25, 0.3) is 0 Å². The third-order valence-corrected chi connectivity index (χ3v) is 1.89. The Kier molecular flexibility index (Phi) is 2.61. The van der Waals surface area contributed by atoms with E-state index < -0.39 is 0 Å². The van der Waals surface area contributed by atoms with E-state index in [1.807, 2.05) is 0 Å². The fourth-order valence-corrected chi connectivity index (χ4v) is 1.17. The van der Waals surface area contributed by atoms with Crippen molar-refractivity contribution in [3.05, 3.63) is 23.6 Å². The molecule has 0 aliphatic rings. The molecule has 0 fully saturated rings. The summed E-state index contributed by atoms with van der Waals surface area (Å²) in [7, 11) is 0. The average molecular weight is 190 g/mol. The Morgan fingerprint density at radius 3 is 2.57 bits per heavy atom. The highest BCUT2D eigenvalue weighted by Crippen LogP contribution is 2.18. The molecule has 4 heteroatoms. The minimum absolute atomic E-state index is 0.0833. The van der Waals surface area contributed by atoms with Gasteiger partial charge in [-0.05, 0) is 0 Å². The minimum Gasteiger partial charge on any atom is -0.321 e. The molecule has 1 aromatic rings. The quantitative estimate of drug-likeness (QED) is 0.365. The maximum absolute atomic E-state index is 5.39. The number of rotatable bonds is 0. The molecule has 0 aliphatic heterocycles. The van der Waals surface area contributed by atoms with Crippen LogP contribution >= 0.6 is 0 Å². The summed E-state index contributed by atoms with van der Waals surface area (Å²) in [6, 6.07) is 2.52. The van der Waals surface area contributed by atoms with Crippen molar-refractivity contribution in [1.29, 1.82) is 0 Å². The number of aromatic nitrogens is 2. The fourth-order valence-electron chi connectivity index (χ4n) is 1.17. The van der Waals surface area contributed by atoms with E-state index in [9.17, 15) is 0 Å². The Labute approximate surface area is 83.5 Å². The molecule has 1 heterocycles. The van der Waals surface area contributed by atoms with Crippen LogP contribution in [0.1, 0.15) is 26.5 Å². The Bertz CT molecular complexity index is 429. The molecule has 0 amide bonds. The smallest absolute Gasteiger partial charge is 0.182 e. The molecule has 0 saturated heterocycles. The van der Waals surface area contributed by atoms with Gasteiger partial charge < -0.3 is 5.84 Å². The summed E-state index contributed by atoms with van der Waals surface area (Å²) in [5.41, 5.74) is 1.31. The van der Waals surface area contributed by atoms with Crippen molar-refractivity contribution in [1.82, 2.24) is 9.55 Å². The summed E-state index contributed by atoms with van der Waals surface area (Å²) in [4.78, 5) is 4.04. The van der Waals surface area contributed by atoms with Crippen LogP contribution in [0.15, 0.2) is 17.5 Å². The average Bonchev–Trinajstić information content (AvgIpc) is 2.15. The van der Waals surface area contributed by atoms with Crippen molar-refractivity contribution in [3.63, 3.8) is 0 Å². The van der Waals surface area contributed by atoms with E-state index >= 15 is 0 Å². The molecule has 2 N–H and O–H groups in total. The first kappa shape index (κ1) is 10.3. The summed E-state index contributed by atoms with van der Waals surface area (Å²) in [6.07, 6.45) is 8.66. The monoisotopic (exact) mass is 190 g/mol. The van der Waals surface area contributed by atoms with Gasteiger partial charge in [-0.1, -0.05) is 27.2 Å². The molecule has 1 aromatic heterocycles. The van der Waals surface area contributed by atoms with Crippen LogP contribution in [0.5, 0.6) is 0 Å². The van der Waals surface area contributed by atoms with Crippen LogP contribution in [-0.2, 0) is 5.41 Å². The highest BCUT2D eigenvalue weighted by Gasteiger charge is 2.17. The third kappa shape index (κ3) is 1.77. The molecule has 14 heavy (non-hydrogen) atoms. The molecule has 0 bridgehead atoms. The minimum atomic E-state index is -0.0833.